The molecule has 27 heavy (non-hydrogen) atoms. The van der Waals surface area contributed by atoms with Gasteiger partial charge in [0.2, 0.25) is 0 Å². The lowest BCUT2D eigenvalue weighted by molar-refractivity contribution is -0.122. The van der Waals surface area contributed by atoms with Crippen LogP contribution in [0.5, 0.6) is 5.75 Å². The largest absolute Gasteiger partial charge is 0.494 e. The molecule has 6 nitrogen and oxygen atoms in total. The molecule has 0 aliphatic carbocycles. The van der Waals surface area contributed by atoms with Crippen molar-refractivity contribution < 1.29 is 9.53 Å². The lowest BCUT2D eigenvalue weighted by Gasteiger charge is -2.10. The maximum absolute atomic E-state index is 12.3. The number of nitrogens with zero attached hydrogens (tertiary/aromatic N) is 1. The van der Waals surface area contributed by atoms with Gasteiger partial charge in [0.05, 0.1) is 17.8 Å². The van der Waals surface area contributed by atoms with E-state index in [2.05, 4.69) is 21.4 Å². The third kappa shape index (κ3) is 5.20. The minimum Gasteiger partial charge on any atom is -0.494 e. The quantitative estimate of drug-likeness (QED) is 0.507. The Balaban J connectivity index is 1.53. The highest BCUT2D eigenvalue weighted by Crippen LogP contribution is 2.24. The first kappa shape index (κ1) is 19.6. The molecule has 1 heterocycles. The number of hydrazine groups is 1. The average Bonchev–Trinajstić information content (AvgIpc) is 3.14. The molecule has 1 amide bonds. The molecule has 0 spiro atoms. The number of nitrogens with one attached hydrogen (secondary N) is 3. The molecule has 2 aromatic rings. The Morgan fingerprint density at radius 2 is 2.04 bits per heavy atom. The van der Waals surface area contributed by atoms with Crippen molar-refractivity contribution in [2.75, 3.05) is 6.61 Å². The van der Waals surface area contributed by atoms with Gasteiger partial charge in [-0.15, -0.1) is 0 Å². The van der Waals surface area contributed by atoms with E-state index in [0.717, 1.165) is 11.3 Å². The Hall–Kier alpha value is -2.12. The van der Waals surface area contributed by atoms with Crippen LogP contribution in [0.3, 0.4) is 0 Å². The zero-order valence-corrected chi connectivity index (χ0v) is 16.2. The predicted molar refractivity (Wildman–Crippen MR) is 107 cm³/mol. The molecule has 1 aliphatic heterocycles. The van der Waals surface area contributed by atoms with E-state index >= 15 is 0 Å². The van der Waals surface area contributed by atoms with Crippen LogP contribution in [0.25, 0.3) is 0 Å². The summed E-state index contributed by atoms with van der Waals surface area (Å²) >= 11 is 11.9. The third-order valence-corrected chi connectivity index (χ3v) is 4.72. The van der Waals surface area contributed by atoms with Crippen molar-refractivity contribution >= 4 is 35.3 Å². The summed E-state index contributed by atoms with van der Waals surface area (Å²) in [5.74, 6) is 0.606. The highest BCUT2D eigenvalue weighted by atomic mass is 35.5. The van der Waals surface area contributed by atoms with Crippen LogP contribution in [0, 0.1) is 0 Å². The average molecular weight is 407 g/mol. The molecule has 0 saturated carbocycles. The van der Waals surface area contributed by atoms with Crippen molar-refractivity contribution in [2.45, 2.75) is 25.4 Å². The maximum atomic E-state index is 12.3. The number of benzene rings is 2. The van der Waals surface area contributed by atoms with Gasteiger partial charge in [0.15, 0.2) is 0 Å². The van der Waals surface area contributed by atoms with E-state index in [-0.39, 0.29) is 18.0 Å². The lowest BCUT2D eigenvalue weighted by atomic mass is 10.0. The Morgan fingerprint density at radius 3 is 2.74 bits per heavy atom. The fraction of sp³-hybridized carbons (Fsp3) is 0.263. The first-order chi connectivity index (χ1) is 13.1. The number of rotatable bonds is 6. The summed E-state index contributed by atoms with van der Waals surface area (Å²) in [4.78, 5) is 12.3. The molecule has 0 bridgehead atoms. The van der Waals surface area contributed by atoms with Crippen molar-refractivity contribution in [3.05, 3.63) is 63.6 Å². The summed E-state index contributed by atoms with van der Waals surface area (Å²) in [6.07, 6.45) is 2.10. The van der Waals surface area contributed by atoms with Gasteiger partial charge < -0.3 is 4.74 Å². The van der Waals surface area contributed by atoms with E-state index in [1.807, 2.05) is 31.2 Å². The van der Waals surface area contributed by atoms with Gasteiger partial charge >= 0.3 is 0 Å². The molecular formula is C19H20Cl2N4O2. The molecule has 3 N–H and O–H groups in total. The van der Waals surface area contributed by atoms with E-state index in [0.29, 0.717) is 28.6 Å². The van der Waals surface area contributed by atoms with Crippen LogP contribution in [0.4, 0.5) is 0 Å². The molecule has 2 unspecified atom stereocenters. The van der Waals surface area contributed by atoms with E-state index in [9.17, 15) is 4.79 Å². The van der Waals surface area contributed by atoms with Crippen LogP contribution in [-0.2, 0) is 4.79 Å². The Morgan fingerprint density at radius 1 is 1.26 bits per heavy atom. The minimum atomic E-state index is -0.389. The highest BCUT2D eigenvalue weighted by molar-refractivity contribution is 6.36. The lowest BCUT2D eigenvalue weighted by Crippen LogP contribution is -2.41. The summed E-state index contributed by atoms with van der Waals surface area (Å²) in [5.41, 5.74) is 10.4. The van der Waals surface area contributed by atoms with Crippen molar-refractivity contribution in [3.63, 3.8) is 0 Å². The smallest absolute Gasteiger partial charge is 0.258 e. The van der Waals surface area contributed by atoms with Gasteiger partial charge in [-0.2, -0.15) is 5.10 Å². The van der Waals surface area contributed by atoms with Gasteiger partial charge in [0.1, 0.15) is 11.8 Å². The number of halogens is 2. The Labute approximate surface area is 167 Å². The predicted octanol–water partition coefficient (Wildman–Crippen LogP) is 3.45. The van der Waals surface area contributed by atoms with Gasteiger partial charge in [-0.1, -0.05) is 41.4 Å². The van der Waals surface area contributed by atoms with Gasteiger partial charge in [0, 0.05) is 16.6 Å². The Bertz CT molecular complexity index is 827. The summed E-state index contributed by atoms with van der Waals surface area (Å²) in [6.45, 7) is 2.58. The summed E-state index contributed by atoms with van der Waals surface area (Å²) in [6, 6.07) is 12.5. The SMILES string of the molecule is CCOc1ccc(C2CC(C(=O)N/N=C/c3ccc(Cl)cc3Cl)NN2)cc1. The van der Waals surface area contributed by atoms with Gasteiger partial charge in [-0.05, 0) is 43.2 Å². The molecule has 1 aliphatic rings. The maximum Gasteiger partial charge on any atom is 0.258 e. The second-order valence-electron chi connectivity index (χ2n) is 6.03. The van der Waals surface area contributed by atoms with Crippen LogP contribution in [0.2, 0.25) is 10.0 Å². The van der Waals surface area contributed by atoms with Crippen LogP contribution in [-0.4, -0.2) is 24.8 Å². The fourth-order valence-corrected chi connectivity index (χ4v) is 3.22. The molecule has 1 fully saturated rings. The molecule has 142 valence electrons. The van der Waals surface area contributed by atoms with Crippen LogP contribution >= 0.6 is 23.2 Å². The van der Waals surface area contributed by atoms with E-state index in [1.54, 1.807) is 18.2 Å². The third-order valence-electron chi connectivity index (χ3n) is 4.15. The van der Waals surface area contributed by atoms with Crippen LogP contribution in [0.15, 0.2) is 47.6 Å². The van der Waals surface area contributed by atoms with Gasteiger partial charge in [-0.25, -0.2) is 16.3 Å². The second-order valence-corrected chi connectivity index (χ2v) is 6.88. The highest BCUT2D eigenvalue weighted by Gasteiger charge is 2.30. The van der Waals surface area contributed by atoms with Crippen molar-refractivity contribution in [3.8, 4) is 5.75 Å². The normalized spacial score (nSPS) is 19.4. The molecule has 2 aromatic carbocycles. The summed E-state index contributed by atoms with van der Waals surface area (Å²) in [5, 5.41) is 4.98. The molecule has 3 rings (SSSR count). The number of ether oxygens (including phenoxy) is 1. The number of hydrogen-bond acceptors (Lipinski definition) is 5. The van der Waals surface area contributed by atoms with E-state index in [1.165, 1.54) is 6.21 Å². The number of carbonyl (C=O) groups is 1. The molecule has 0 radical (unpaired) electrons. The Kier molecular flexibility index (Phi) is 6.68. The first-order valence-electron chi connectivity index (χ1n) is 8.58. The second kappa shape index (κ2) is 9.19. The molecule has 1 saturated heterocycles. The topological polar surface area (TPSA) is 74.8 Å². The standard InChI is InChI=1S/C19H20Cl2N4O2/c1-2-27-15-7-4-12(5-8-15)17-10-18(24-23-17)19(26)25-22-11-13-3-6-14(20)9-16(13)21/h3-9,11,17-18,23-24H,2,10H2,1H3,(H,25,26)/b22-11+. The zero-order chi connectivity index (χ0) is 19.2. The number of carbonyl (C=O) groups excluding carboxylic acids is 1. The van der Waals surface area contributed by atoms with Crippen molar-refractivity contribution in [2.24, 2.45) is 5.10 Å². The zero-order valence-electron chi connectivity index (χ0n) is 14.7. The molecule has 8 heteroatoms. The molecular weight excluding hydrogens is 387 g/mol. The van der Waals surface area contributed by atoms with Gasteiger partial charge in [-0.3, -0.25) is 4.79 Å². The number of hydrogen-bond donors (Lipinski definition) is 3. The van der Waals surface area contributed by atoms with Crippen LogP contribution < -0.4 is 21.0 Å². The molecule has 0 aromatic heterocycles. The first-order valence-corrected chi connectivity index (χ1v) is 9.34. The summed E-state index contributed by atoms with van der Waals surface area (Å²) in [7, 11) is 0. The van der Waals surface area contributed by atoms with Crippen molar-refractivity contribution in [1.29, 1.82) is 0 Å². The monoisotopic (exact) mass is 406 g/mol. The van der Waals surface area contributed by atoms with E-state index < -0.39 is 0 Å². The summed E-state index contributed by atoms with van der Waals surface area (Å²) < 4.78 is 5.45. The number of hydrazone groups is 1. The van der Waals surface area contributed by atoms with E-state index in [4.69, 9.17) is 27.9 Å². The van der Waals surface area contributed by atoms with Crippen LogP contribution in [0.1, 0.15) is 30.5 Å². The number of amides is 1. The molecule has 2 atom stereocenters. The van der Waals surface area contributed by atoms with Gasteiger partial charge in [0.25, 0.3) is 5.91 Å². The van der Waals surface area contributed by atoms with Crippen molar-refractivity contribution in [1.82, 2.24) is 16.3 Å². The fourth-order valence-electron chi connectivity index (χ4n) is 2.76. The minimum absolute atomic E-state index is 0.0334.